The summed E-state index contributed by atoms with van der Waals surface area (Å²) in [5.41, 5.74) is 0.883. The number of hydrogen-bond donors (Lipinski definition) is 1. The smallest absolute Gasteiger partial charge is 0.285 e. The predicted molar refractivity (Wildman–Crippen MR) is 79.7 cm³/mol. The summed E-state index contributed by atoms with van der Waals surface area (Å²) in [7, 11) is 1.57. The summed E-state index contributed by atoms with van der Waals surface area (Å²) < 4.78 is 33.5. The van der Waals surface area contributed by atoms with E-state index in [2.05, 4.69) is 5.32 Å². The van der Waals surface area contributed by atoms with E-state index >= 15 is 0 Å². The molecule has 0 fully saturated rings. The fraction of sp³-hybridized carbons (Fsp3) is 0.294. The zero-order chi connectivity index (χ0) is 15.3. The lowest BCUT2D eigenvalue weighted by Gasteiger charge is -2.22. The molecule has 0 aliphatic carbocycles. The molecule has 0 aromatic heterocycles. The molecule has 0 spiro atoms. The Morgan fingerprint density at radius 3 is 2.33 bits per heavy atom. The maximum absolute atomic E-state index is 14.1. The minimum atomic E-state index is -2.91. The summed E-state index contributed by atoms with van der Waals surface area (Å²) in [6.45, 7) is 1.43. The van der Waals surface area contributed by atoms with Crippen LogP contribution in [0.15, 0.2) is 54.6 Å². The van der Waals surface area contributed by atoms with E-state index in [0.717, 1.165) is 5.56 Å². The highest BCUT2D eigenvalue weighted by atomic mass is 19.3. The van der Waals surface area contributed by atoms with Gasteiger partial charge in [0.1, 0.15) is 5.75 Å². The second kappa shape index (κ2) is 6.68. The molecule has 0 aliphatic heterocycles. The van der Waals surface area contributed by atoms with Gasteiger partial charge in [0.05, 0.1) is 13.7 Å². The highest BCUT2D eigenvalue weighted by molar-refractivity contribution is 5.35. The van der Waals surface area contributed by atoms with Crippen LogP contribution in [0.1, 0.15) is 24.1 Å². The van der Waals surface area contributed by atoms with Crippen molar-refractivity contribution in [2.24, 2.45) is 0 Å². The summed E-state index contributed by atoms with van der Waals surface area (Å²) in [4.78, 5) is 0. The molecule has 0 aliphatic rings. The molecule has 2 aromatic carbocycles. The molecule has 2 nitrogen and oxygen atoms in total. The molecule has 0 amide bonds. The Balaban J connectivity index is 2.05. The molecule has 2 rings (SSSR count). The van der Waals surface area contributed by atoms with Gasteiger partial charge >= 0.3 is 0 Å². The van der Waals surface area contributed by atoms with Crippen LogP contribution < -0.4 is 10.1 Å². The van der Waals surface area contributed by atoms with E-state index in [4.69, 9.17) is 4.74 Å². The first-order chi connectivity index (χ1) is 10.0. The number of nitrogens with one attached hydrogen (secondary N) is 1. The SMILES string of the molecule is COc1ccccc1[C@@H](C)NCC(F)(F)c1ccccc1. The lowest BCUT2D eigenvalue weighted by molar-refractivity contribution is -0.00539. The van der Waals surface area contributed by atoms with Crippen molar-refractivity contribution in [1.29, 1.82) is 0 Å². The van der Waals surface area contributed by atoms with Gasteiger partial charge in [-0.15, -0.1) is 0 Å². The van der Waals surface area contributed by atoms with Crippen LogP contribution in [0, 0.1) is 0 Å². The number of alkyl halides is 2. The van der Waals surface area contributed by atoms with Gasteiger partial charge in [0.25, 0.3) is 5.92 Å². The fourth-order valence-electron chi connectivity index (χ4n) is 2.20. The van der Waals surface area contributed by atoms with E-state index < -0.39 is 12.5 Å². The van der Waals surface area contributed by atoms with E-state index in [0.29, 0.717) is 5.75 Å². The normalized spacial score (nSPS) is 13.0. The topological polar surface area (TPSA) is 21.3 Å². The van der Waals surface area contributed by atoms with Gasteiger partial charge in [-0.3, -0.25) is 0 Å². The number of para-hydroxylation sites is 1. The van der Waals surface area contributed by atoms with Gasteiger partial charge in [0.15, 0.2) is 0 Å². The van der Waals surface area contributed by atoms with Gasteiger partial charge in [-0.05, 0) is 13.0 Å². The van der Waals surface area contributed by atoms with Crippen molar-refractivity contribution in [3.05, 3.63) is 65.7 Å². The quantitative estimate of drug-likeness (QED) is 0.863. The third-order valence-corrected chi connectivity index (χ3v) is 3.43. The molecular formula is C17H19F2NO. The monoisotopic (exact) mass is 291 g/mol. The van der Waals surface area contributed by atoms with Crippen molar-refractivity contribution >= 4 is 0 Å². The largest absolute Gasteiger partial charge is 0.496 e. The molecule has 0 saturated heterocycles. The second-order valence-corrected chi connectivity index (χ2v) is 4.92. The number of rotatable bonds is 6. The molecule has 1 N–H and O–H groups in total. The minimum absolute atomic E-state index is 0.0183. The summed E-state index contributed by atoms with van der Waals surface area (Å²) >= 11 is 0. The minimum Gasteiger partial charge on any atom is -0.496 e. The fourth-order valence-corrected chi connectivity index (χ4v) is 2.20. The van der Waals surface area contributed by atoms with Crippen LogP contribution in [0.25, 0.3) is 0 Å². The van der Waals surface area contributed by atoms with Gasteiger partial charge < -0.3 is 10.1 Å². The van der Waals surface area contributed by atoms with Gasteiger partial charge in [0, 0.05) is 17.2 Å². The van der Waals surface area contributed by atoms with E-state index in [1.807, 2.05) is 31.2 Å². The predicted octanol–water partition coefficient (Wildman–Crippen LogP) is 4.14. The van der Waals surface area contributed by atoms with Crippen molar-refractivity contribution < 1.29 is 13.5 Å². The lowest BCUT2D eigenvalue weighted by Crippen LogP contribution is -2.32. The Bertz CT molecular complexity index is 572. The molecule has 112 valence electrons. The highest BCUT2D eigenvalue weighted by Crippen LogP contribution is 2.29. The van der Waals surface area contributed by atoms with Crippen molar-refractivity contribution in [2.45, 2.75) is 18.9 Å². The van der Waals surface area contributed by atoms with E-state index in [1.54, 1.807) is 25.3 Å². The van der Waals surface area contributed by atoms with Crippen LogP contribution >= 0.6 is 0 Å². The number of halogens is 2. The Morgan fingerprint density at radius 2 is 1.67 bits per heavy atom. The molecule has 0 unspecified atom stereocenters. The molecule has 2 aromatic rings. The zero-order valence-electron chi connectivity index (χ0n) is 12.1. The molecule has 0 saturated carbocycles. The van der Waals surface area contributed by atoms with Crippen LogP contribution in [0.3, 0.4) is 0 Å². The molecule has 0 bridgehead atoms. The van der Waals surface area contributed by atoms with Crippen LogP contribution in [0.5, 0.6) is 5.75 Å². The molecular weight excluding hydrogens is 272 g/mol. The molecule has 21 heavy (non-hydrogen) atoms. The van der Waals surface area contributed by atoms with Crippen LogP contribution in [0.4, 0.5) is 8.78 Å². The van der Waals surface area contributed by atoms with E-state index in [1.165, 1.54) is 12.1 Å². The summed E-state index contributed by atoms with van der Waals surface area (Å²) in [6, 6.07) is 15.0. The van der Waals surface area contributed by atoms with Crippen molar-refractivity contribution in [3.63, 3.8) is 0 Å². The Morgan fingerprint density at radius 1 is 1.05 bits per heavy atom. The van der Waals surface area contributed by atoms with Crippen molar-refractivity contribution in [2.75, 3.05) is 13.7 Å². The average Bonchev–Trinajstić information content (AvgIpc) is 2.53. The molecule has 4 heteroatoms. The molecule has 0 heterocycles. The lowest BCUT2D eigenvalue weighted by atomic mass is 10.1. The van der Waals surface area contributed by atoms with E-state index in [-0.39, 0.29) is 11.6 Å². The first-order valence-corrected chi connectivity index (χ1v) is 6.84. The number of ether oxygens (including phenoxy) is 1. The van der Waals surface area contributed by atoms with Gasteiger partial charge in [-0.25, -0.2) is 0 Å². The summed E-state index contributed by atoms with van der Waals surface area (Å²) in [5, 5.41) is 2.88. The first-order valence-electron chi connectivity index (χ1n) is 6.84. The van der Waals surface area contributed by atoms with Gasteiger partial charge in [-0.2, -0.15) is 8.78 Å². The van der Waals surface area contributed by atoms with Gasteiger partial charge in [-0.1, -0.05) is 48.5 Å². The van der Waals surface area contributed by atoms with Crippen LogP contribution in [-0.2, 0) is 5.92 Å². The highest BCUT2D eigenvalue weighted by Gasteiger charge is 2.31. The third kappa shape index (κ3) is 3.79. The van der Waals surface area contributed by atoms with Crippen molar-refractivity contribution in [3.8, 4) is 5.75 Å². The van der Waals surface area contributed by atoms with Gasteiger partial charge in [0.2, 0.25) is 0 Å². The third-order valence-electron chi connectivity index (χ3n) is 3.43. The average molecular weight is 291 g/mol. The zero-order valence-corrected chi connectivity index (χ0v) is 12.1. The first kappa shape index (κ1) is 15.4. The maximum atomic E-state index is 14.1. The number of methoxy groups -OCH3 is 1. The number of hydrogen-bond acceptors (Lipinski definition) is 2. The van der Waals surface area contributed by atoms with Crippen LogP contribution in [-0.4, -0.2) is 13.7 Å². The number of benzene rings is 2. The van der Waals surface area contributed by atoms with Crippen LogP contribution in [0.2, 0.25) is 0 Å². The maximum Gasteiger partial charge on any atom is 0.285 e. The van der Waals surface area contributed by atoms with Crippen molar-refractivity contribution in [1.82, 2.24) is 5.32 Å². The Hall–Kier alpha value is -1.94. The Kier molecular flexibility index (Phi) is 4.91. The standard InChI is InChI=1S/C17H19F2NO/c1-13(15-10-6-7-11-16(15)21-2)20-12-17(18,19)14-8-4-3-5-9-14/h3-11,13,20H,12H2,1-2H3/t13-/m1/s1. The molecule has 1 atom stereocenters. The summed E-state index contributed by atoms with van der Waals surface area (Å²) in [6.07, 6.45) is 0. The Labute approximate surface area is 123 Å². The summed E-state index contributed by atoms with van der Waals surface area (Å²) in [5.74, 6) is -2.21. The van der Waals surface area contributed by atoms with E-state index in [9.17, 15) is 8.78 Å². The molecule has 0 radical (unpaired) electrons. The second-order valence-electron chi connectivity index (χ2n) is 4.92.